The summed E-state index contributed by atoms with van der Waals surface area (Å²) in [5.41, 5.74) is 17.5. The highest BCUT2D eigenvalue weighted by Gasteiger charge is 2.02. The Morgan fingerprint density at radius 3 is 1.74 bits per heavy atom. The van der Waals surface area contributed by atoms with Crippen LogP contribution >= 0.6 is 15.9 Å². The molecule has 4 aromatic rings. The summed E-state index contributed by atoms with van der Waals surface area (Å²) in [6.07, 6.45) is 6.52. The van der Waals surface area contributed by atoms with Crippen LogP contribution in [-0.2, 0) is 28.9 Å². The van der Waals surface area contributed by atoms with E-state index < -0.39 is 6.03 Å². The number of aryl methyl sites for hydroxylation is 1. The number of alkyl halides is 1. The SMILES string of the molecule is NC(N)=O.Nc1ncc(Cc2ccccc2)o1.O=CC(Br)Cc1ccccc1.O=CCCc1ccccc1. The molecule has 0 spiro atoms. The summed E-state index contributed by atoms with van der Waals surface area (Å²) in [5, 5.41) is 0. The molecule has 2 amide bonds. The molecule has 0 saturated carbocycles. The molecular formula is C29H33BrN4O4. The van der Waals surface area contributed by atoms with Crippen molar-refractivity contribution in [2.45, 2.75) is 30.5 Å². The van der Waals surface area contributed by atoms with E-state index in [1.807, 2.05) is 91.0 Å². The van der Waals surface area contributed by atoms with Crippen molar-refractivity contribution in [2.75, 3.05) is 5.73 Å². The Labute approximate surface area is 231 Å². The Balaban J connectivity index is 0.000000268. The highest BCUT2D eigenvalue weighted by atomic mass is 79.9. The van der Waals surface area contributed by atoms with Crippen LogP contribution in [0.5, 0.6) is 0 Å². The molecule has 1 aromatic heterocycles. The number of hydrogen-bond donors (Lipinski definition) is 3. The van der Waals surface area contributed by atoms with Crippen LogP contribution in [0.3, 0.4) is 0 Å². The quantitative estimate of drug-likeness (QED) is 0.199. The third-order valence-corrected chi connectivity index (χ3v) is 5.15. The molecule has 1 unspecified atom stereocenters. The number of halogens is 1. The number of benzene rings is 3. The van der Waals surface area contributed by atoms with Gasteiger partial charge in [-0.3, -0.25) is 0 Å². The van der Waals surface area contributed by atoms with E-state index in [1.54, 1.807) is 6.20 Å². The number of nitrogens with two attached hydrogens (primary N) is 3. The van der Waals surface area contributed by atoms with Gasteiger partial charge in [0.1, 0.15) is 18.3 Å². The summed E-state index contributed by atoms with van der Waals surface area (Å²) in [7, 11) is 0. The molecule has 1 atom stereocenters. The number of primary amides is 2. The lowest BCUT2D eigenvalue weighted by Gasteiger charge is -2.00. The average molecular weight is 582 g/mol. The standard InChI is InChI=1S/C10H10N2O.C9H9BrO.C9H10O.CH4N2O/c11-10-12-7-9(13-10)6-8-4-2-1-3-5-8;10-9(7-11)6-8-4-2-1-3-5-8;10-8-4-7-9-5-2-1-3-6-9;2-1(3)4/h1-5,7H,6H2,(H2,11,12);1-5,7,9H,6H2;1-3,5-6,8H,4,7H2;(H4,2,3,4). The van der Waals surface area contributed by atoms with Crippen LogP contribution in [0.25, 0.3) is 0 Å². The zero-order valence-corrected chi connectivity index (χ0v) is 22.6. The zero-order valence-electron chi connectivity index (χ0n) is 21.0. The molecule has 1 heterocycles. The molecular weight excluding hydrogens is 548 g/mol. The maximum absolute atomic E-state index is 10.3. The third-order valence-electron chi connectivity index (χ3n) is 4.61. The average Bonchev–Trinajstić information content (AvgIpc) is 3.34. The highest BCUT2D eigenvalue weighted by molar-refractivity contribution is 9.09. The Morgan fingerprint density at radius 1 is 0.842 bits per heavy atom. The van der Waals surface area contributed by atoms with Gasteiger partial charge in [-0.25, -0.2) is 9.78 Å². The first-order valence-electron chi connectivity index (χ1n) is 11.7. The Morgan fingerprint density at radius 2 is 1.32 bits per heavy atom. The topological polar surface area (TPSA) is 155 Å². The van der Waals surface area contributed by atoms with Gasteiger partial charge in [-0.1, -0.05) is 107 Å². The summed E-state index contributed by atoms with van der Waals surface area (Å²) in [4.78, 5) is 33.0. The monoisotopic (exact) mass is 580 g/mol. The molecule has 9 heteroatoms. The second-order valence-corrected chi connectivity index (χ2v) is 8.94. The Bertz CT molecular complexity index is 1170. The van der Waals surface area contributed by atoms with Gasteiger partial charge in [0.15, 0.2) is 0 Å². The lowest BCUT2D eigenvalue weighted by Crippen LogP contribution is -2.18. The molecule has 0 saturated heterocycles. The zero-order chi connectivity index (χ0) is 28.0. The van der Waals surface area contributed by atoms with Crippen molar-refractivity contribution < 1.29 is 18.8 Å². The van der Waals surface area contributed by atoms with Gasteiger partial charge in [0.05, 0.1) is 11.0 Å². The van der Waals surface area contributed by atoms with E-state index in [0.29, 0.717) is 6.42 Å². The summed E-state index contributed by atoms with van der Waals surface area (Å²) >= 11 is 3.25. The van der Waals surface area contributed by atoms with Gasteiger partial charge in [0.2, 0.25) is 0 Å². The Kier molecular flexibility index (Phi) is 16.6. The summed E-state index contributed by atoms with van der Waals surface area (Å²) in [6, 6.07) is 29.4. The van der Waals surface area contributed by atoms with Gasteiger partial charge < -0.3 is 31.2 Å². The van der Waals surface area contributed by atoms with Gasteiger partial charge >= 0.3 is 6.03 Å². The van der Waals surface area contributed by atoms with Crippen molar-refractivity contribution >= 4 is 40.5 Å². The first kappa shape index (κ1) is 31.8. The van der Waals surface area contributed by atoms with Gasteiger partial charge in [0.25, 0.3) is 6.01 Å². The number of carbonyl (C=O) groups excluding carboxylic acids is 3. The first-order valence-corrected chi connectivity index (χ1v) is 12.7. The van der Waals surface area contributed by atoms with Crippen molar-refractivity contribution in [1.29, 1.82) is 0 Å². The second kappa shape index (κ2) is 19.9. The third kappa shape index (κ3) is 16.4. The molecule has 200 valence electrons. The number of carbonyl (C=O) groups is 3. The van der Waals surface area contributed by atoms with E-state index in [9.17, 15) is 9.59 Å². The molecule has 0 aliphatic rings. The maximum Gasteiger partial charge on any atom is 0.309 e. The minimum atomic E-state index is -0.833. The van der Waals surface area contributed by atoms with E-state index in [4.69, 9.17) is 14.9 Å². The van der Waals surface area contributed by atoms with E-state index in [-0.39, 0.29) is 10.8 Å². The number of oxazole rings is 1. The molecule has 3 aromatic carbocycles. The van der Waals surface area contributed by atoms with Crippen LogP contribution in [0.1, 0.15) is 28.9 Å². The fourth-order valence-corrected chi connectivity index (χ4v) is 3.33. The van der Waals surface area contributed by atoms with Crippen LogP contribution in [0.2, 0.25) is 0 Å². The number of nitrogen functional groups attached to an aromatic ring is 1. The normalized spacial score (nSPS) is 10.1. The summed E-state index contributed by atoms with van der Waals surface area (Å²) in [6.45, 7) is 0. The molecule has 0 bridgehead atoms. The largest absolute Gasteiger partial charge is 0.429 e. The molecule has 0 aliphatic heterocycles. The molecule has 0 fully saturated rings. The minimum Gasteiger partial charge on any atom is -0.429 e. The number of amides is 2. The number of aromatic nitrogens is 1. The van der Waals surface area contributed by atoms with Crippen LogP contribution in [0, 0.1) is 0 Å². The van der Waals surface area contributed by atoms with E-state index in [2.05, 4.69) is 32.4 Å². The Hall–Kier alpha value is -4.24. The van der Waals surface area contributed by atoms with Gasteiger partial charge in [-0.05, 0) is 29.5 Å². The molecule has 4 rings (SSSR count). The number of anilines is 1. The fourth-order valence-electron chi connectivity index (χ4n) is 2.96. The van der Waals surface area contributed by atoms with Crippen LogP contribution in [-0.4, -0.2) is 28.4 Å². The molecule has 0 radical (unpaired) electrons. The molecule has 38 heavy (non-hydrogen) atoms. The predicted octanol–water partition coefficient (Wildman–Crippen LogP) is 4.88. The number of urea groups is 1. The molecule has 0 aliphatic carbocycles. The number of hydrogen-bond acceptors (Lipinski definition) is 6. The summed E-state index contributed by atoms with van der Waals surface area (Å²) in [5.74, 6) is 0.795. The van der Waals surface area contributed by atoms with Gasteiger partial charge in [0, 0.05) is 12.8 Å². The van der Waals surface area contributed by atoms with Crippen LogP contribution in [0.4, 0.5) is 10.8 Å². The molecule has 6 N–H and O–H groups in total. The number of rotatable bonds is 8. The molecule has 8 nitrogen and oxygen atoms in total. The van der Waals surface area contributed by atoms with Crippen LogP contribution in [0.15, 0.2) is 102 Å². The van der Waals surface area contributed by atoms with Gasteiger partial charge in [-0.2, -0.15) is 0 Å². The minimum absolute atomic E-state index is 0.0510. The van der Waals surface area contributed by atoms with E-state index >= 15 is 0 Å². The second-order valence-electron chi connectivity index (χ2n) is 7.76. The van der Waals surface area contributed by atoms with Gasteiger partial charge in [-0.15, -0.1) is 0 Å². The summed E-state index contributed by atoms with van der Waals surface area (Å²) < 4.78 is 5.15. The van der Waals surface area contributed by atoms with Crippen molar-refractivity contribution in [3.63, 3.8) is 0 Å². The van der Waals surface area contributed by atoms with E-state index in [0.717, 1.165) is 37.6 Å². The predicted molar refractivity (Wildman–Crippen MR) is 154 cm³/mol. The smallest absolute Gasteiger partial charge is 0.309 e. The number of aldehydes is 2. The van der Waals surface area contributed by atoms with E-state index in [1.165, 1.54) is 16.7 Å². The lowest BCUT2D eigenvalue weighted by atomic mass is 10.1. The van der Waals surface area contributed by atoms with Crippen molar-refractivity contribution in [2.24, 2.45) is 11.5 Å². The highest BCUT2D eigenvalue weighted by Crippen LogP contribution is 2.11. The van der Waals surface area contributed by atoms with Crippen LogP contribution < -0.4 is 17.2 Å². The van der Waals surface area contributed by atoms with Crippen molar-refractivity contribution in [3.8, 4) is 0 Å². The van der Waals surface area contributed by atoms with Crippen molar-refractivity contribution in [1.82, 2.24) is 4.98 Å². The lowest BCUT2D eigenvalue weighted by molar-refractivity contribution is -0.108. The maximum atomic E-state index is 10.3. The van der Waals surface area contributed by atoms with Crippen molar-refractivity contribution in [3.05, 3.63) is 120 Å². The fraction of sp³-hybridized carbons (Fsp3) is 0.172. The first-order chi connectivity index (χ1) is 18.3. The number of nitrogens with zero attached hydrogens (tertiary/aromatic N) is 1.